The van der Waals surface area contributed by atoms with Gasteiger partial charge in [0.25, 0.3) is 11.8 Å². The number of hydrogen-bond donors (Lipinski definition) is 2. The largest absolute Gasteiger partial charge is 0.459 e. The molecule has 4 rings (SSSR count). The number of fused-ring (bicyclic) bond motifs is 1. The molecule has 30 heavy (non-hydrogen) atoms. The van der Waals surface area contributed by atoms with Gasteiger partial charge in [0.1, 0.15) is 11.6 Å². The van der Waals surface area contributed by atoms with Gasteiger partial charge >= 0.3 is 0 Å². The quantitative estimate of drug-likeness (QED) is 0.513. The van der Waals surface area contributed by atoms with Crippen LogP contribution in [0.25, 0.3) is 11.0 Å². The summed E-state index contributed by atoms with van der Waals surface area (Å²) in [6.07, 6.45) is 1.94. The van der Waals surface area contributed by atoms with Crippen LogP contribution in [0.2, 0.25) is 0 Å². The van der Waals surface area contributed by atoms with Crippen molar-refractivity contribution in [1.29, 1.82) is 0 Å². The number of amides is 2. The highest BCUT2D eigenvalue weighted by molar-refractivity contribution is 6.03. The number of benzene rings is 2. The lowest BCUT2D eigenvalue weighted by molar-refractivity contribution is 0.0952. The van der Waals surface area contributed by atoms with Crippen LogP contribution in [0.5, 0.6) is 0 Å². The normalized spacial score (nSPS) is 10.9. The third-order valence-corrected chi connectivity index (χ3v) is 4.70. The first kappa shape index (κ1) is 19.4. The highest BCUT2D eigenvalue weighted by Gasteiger charge is 2.13. The van der Waals surface area contributed by atoms with E-state index in [0.717, 1.165) is 16.9 Å². The van der Waals surface area contributed by atoms with Gasteiger partial charge in [-0.15, -0.1) is 0 Å². The summed E-state index contributed by atoms with van der Waals surface area (Å²) in [5.74, 6) is -0.121. The molecule has 8 heteroatoms. The second kappa shape index (κ2) is 8.20. The number of rotatable bonds is 6. The van der Waals surface area contributed by atoms with Crippen molar-refractivity contribution in [2.24, 2.45) is 7.05 Å². The van der Waals surface area contributed by atoms with Crippen LogP contribution in [0.15, 0.2) is 65.3 Å². The number of aromatic nitrogens is 2. The smallest absolute Gasteiger partial charge is 0.291 e. The fourth-order valence-corrected chi connectivity index (χ4v) is 3.17. The number of carbonyl (C=O) groups excluding carboxylic acids is 2. The van der Waals surface area contributed by atoms with Gasteiger partial charge in [-0.05, 0) is 48.5 Å². The number of anilines is 1. The predicted octanol–water partition coefficient (Wildman–Crippen LogP) is 3.53. The number of aryl methyl sites for hydroxylation is 1. The van der Waals surface area contributed by atoms with Crippen LogP contribution in [0.4, 0.5) is 10.1 Å². The Morgan fingerprint density at radius 2 is 1.97 bits per heavy atom. The molecule has 0 atom stereocenters. The van der Waals surface area contributed by atoms with E-state index in [2.05, 4.69) is 15.6 Å². The number of furan rings is 1. The summed E-state index contributed by atoms with van der Waals surface area (Å²) in [4.78, 5) is 28.9. The molecule has 0 saturated carbocycles. The first-order chi connectivity index (χ1) is 14.5. The van der Waals surface area contributed by atoms with E-state index in [4.69, 9.17) is 4.42 Å². The lowest BCUT2D eigenvalue weighted by Gasteiger charge is -2.06. The number of nitrogens with zero attached hydrogens (tertiary/aromatic N) is 2. The van der Waals surface area contributed by atoms with Gasteiger partial charge in [0, 0.05) is 31.3 Å². The summed E-state index contributed by atoms with van der Waals surface area (Å²) >= 11 is 0. The maximum absolute atomic E-state index is 13.3. The summed E-state index contributed by atoms with van der Waals surface area (Å²) in [5.41, 5.74) is 2.50. The second-order valence-corrected chi connectivity index (χ2v) is 6.74. The van der Waals surface area contributed by atoms with Crippen LogP contribution in [0.3, 0.4) is 0 Å². The summed E-state index contributed by atoms with van der Waals surface area (Å²) in [6.45, 7) is 0.356. The third kappa shape index (κ3) is 4.07. The van der Waals surface area contributed by atoms with E-state index in [1.54, 1.807) is 30.3 Å². The molecule has 0 unspecified atom stereocenters. The Kier molecular flexibility index (Phi) is 5.30. The van der Waals surface area contributed by atoms with E-state index >= 15 is 0 Å². The summed E-state index contributed by atoms with van der Waals surface area (Å²) < 4.78 is 20.3. The zero-order chi connectivity index (χ0) is 21.1. The van der Waals surface area contributed by atoms with Crippen LogP contribution in [-0.2, 0) is 13.5 Å². The van der Waals surface area contributed by atoms with E-state index in [1.165, 1.54) is 24.5 Å². The van der Waals surface area contributed by atoms with Crippen molar-refractivity contribution in [3.05, 3.63) is 83.8 Å². The molecule has 4 aromatic rings. The van der Waals surface area contributed by atoms with E-state index in [1.807, 2.05) is 17.7 Å². The third-order valence-electron chi connectivity index (χ3n) is 4.70. The first-order valence-electron chi connectivity index (χ1n) is 9.35. The maximum atomic E-state index is 13.3. The monoisotopic (exact) mass is 406 g/mol. The average Bonchev–Trinajstić information content (AvgIpc) is 3.37. The number of carbonyl (C=O) groups is 2. The Labute approximate surface area is 171 Å². The average molecular weight is 406 g/mol. The number of imidazole rings is 1. The SMILES string of the molecule is Cn1c(CCNC(=O)c2cccc(F)c2)nc2cc(NC(=O)c3ccco3)ccc21. The fraction of sp³-hybridized carbons (Fsp3) is 0.136. The van der Waals surface area contributed by atoms with Gasteiger partial charge in [0.2, 0.25) is 0 Å². The van der Waals surface area contributed by atoms with Gasteiger partial charge in [-0.25, -0.2) is 9.37 Å². The minimum atomic E-state index is -0.451. The van der Waals surface area contributed by atoms with Gasteiger partial charge in [-0.2, -0.15) is 0 Å². The summed E-state index contributed by atoms with van der Waals surface area (Å²) in [7, 11) is 1.89. The second-order valence-electron chi connectivity index (χ2n) is 6.74. The molecule has 7 nitrogen and oxygen atoms in total. The fourth-order valence-electron chi connectivity index (χ4n) is 3.17. The van der Waals surface area contributed by atoms with Crippen molar-refractivity contribution in [2.45, 2.75) is 6.42 Å². The molecule has 0 bridgehead atoms. The molecule has 2 aromatic carbocycles. The Balaban J connectivity index is 1.42. The van der Waals surface area contributed by atoms with Gasteiger partial charge in [-0.3, -0.25) is 9.59 Å². The van der Waals surface area contributed by atoms with Crippen LogP contribution < -0.4 is 10.6 Å². The Morgan fingerprint density at radius 1 is 1.10 bits per heavy atom. The highest BCUT2D eigenvalue weighted by atomic mass is 19.1. The van der Waals surface area contributed by atoms with Crippen LogP contribution in [0, 0.1) is 5.82 Å². The maximum Gasteiger partial charge on any atom is 0.291 e. The Morgan fingerprint density at radius 3 is 2.73 bits per heavy atom. The van der Waals surface area contributed by atoms with Gasteiger partial charge in [0.05, 0.1) is 17.3 Å². The van der Waals surface area contributed by atoms with Crippen LogP contribution >= 0.6 is 0 Å². The molecule has 2 amide bonds. The topological polar surface area (TPSA) is 89.2 Å². The van der Waals surface area contributed by atoms with E-state index < -0.39 is 5.82 Å². The minimum absolute atomic E-state index is 0.228. The van der Waals surface area contributed by atoms with Gasteiger partial charge < -0.3 is 19.6 Å². The molecule has 0 fully saturated rings. The van der Waals surface area contributed by atoms with Crippen molar-refractivity contribution >= 4 is 28.5 Å². The minimum Gasteiger partial charge on any atom is -0.459 e. The molecule has 2 N–H and O–H groups in total. The number of nitrogens with one attached hydrogen (secondary N) is 2. The number of hydrogen-bond acceptors (Lipinski definition) is 4. The number of halogens is 1. The van der Waals surface area contributed by atoms with Crippen molar-refractivity contribution < 1.29 is 18.4 Å². The summed E-state index contributed by atoms with van der Waals surface area (Å²) in [6, 6.07) is 14.2. The van der Waals surface area contributed by atoms with E-state index in [0.29, 0.717) is 18.7 Å². The molecule has 0 aliphatic rings. The molecule has 0 saturated heterocycles. The predicted molar refractivity (Wildman–Crippen MR) is 110 cm³/mol. The van der Waals surface area contributed by atoms with Crippen LogP contribution in [0.1, 0.15) is 26.7 Å². The molecule has 152 valence electrons. The standard InChI is InChI=1S/C22H19FN4O3/c1-27-18-8-7-16(25-22(29)19-6-3-11-30-19)13-17(18)26-20(27)9-10-24-21(28)14-4-2-5-15(23)12-14/h2-8,11-13H,9-10H2,1H3,(H,24,28)(H,25,29). The molecule has 2 heterocycles. The lowest BCUT2D eigenvalue weighted by Crippen LogP contribution is -2.26. The Hall–Kier alpha value is -3.94. The zero-order valence-electron chi connectivity index (χ0n) is 16.2. The molecule has 0 spiro atoms. The lowest BCUT2D eigenvalue weighted by atomic mass is 10.2. The summed E-state index contributed by atoms with van der Waals surface area (Å²) in [5, 5.41) is 5.55. The van der Waals surface area contributed by atoms with Crippen molar-refractivity contribution in [1.82, 2.24) is 14.9 Å². The molecular weight excluding hydrogens is 387 g/mol. The van der Waals surface area contributed by atoms with Crippen molar-refractivity contribution in [3.63, 3.8) is 0 Å². The van der Waals surface area contributed by atoms with Crippen LogP contribution in [-0.4, -0.2) is 27.9 Å². The first-order valence-corrected chi connectivity index (χ1v) is 9.35. The molecular formula is C22H19FN4O3. The van der Waals surface area contributed by atoms with E-state index in [9.17, 15) is 14.0 Å². The van der Waals surface area contributed by atoms with Gasteiger partial charge in [-0.1, -0.05) is 6.07 Å². The molecule has 2 aromatic heterocycles. The zero-order valence-corrected chi connectivity index (χ0v) is 16.2. The van der Waals surface area contributed by atoms with Crippen molar-refractivity contribution in [3.8, 4) is 0 Å². The Bertz CT molecular complexity index is 1210. The highest BCUT2D eigenvalue weighted by Crippen LogP contribution is 2.20. The molecule has 0 aliphatic heterocycles. The van der Waals surface area contributed by atoms with E-state index in [-0.39, 0.29) is 23.1 Å². The molecule has 0 radical (unpaired) electrons. The van der Waals surface area contributed by atoms with Crippen molar-refractivity contribution in [2.75, 3.05) is 11.9 Å². The molecule has 0 aliphatic carbocycles. The van der Waals surface area contributed by atoms with Gasteiger partial charge in [0.15, 0.2) is 5.76 Å².